The van der Waals surface area contributed by atoms with Gasteiger partial charge in [-0.2, -0.15) is 0 Å². The fourth-order valence-corrected chi connectivity index (χ4v) is 3.40. The van der Waals surface area contributed by atoms with Crippen molar-refractivity contribution in [3.8, 4) is 0 Å². The van der Waals surface area contributed by atoms with E-state index in [1.165, 1.54) is 25.7 Å². The minimum Gasteiger partial charge on any atom is -0.375 e. The Morgan fingerprint density at radius 2 is 2.25 bits per heavy atom. The van der Waals surface area contributed by atoms with Crippen LogP contribution in [0.3, 0.4) is 0 Å². The molecule has 0 aromatic carbocycles. The number of aromatic nitrogens is 1. The zero-order valence-electron chi connectivity index (χ0n) is 12.1. The van der Waals surface area contributed by atoms with E-state index in [9.17, 15) is 0 Å². The van der Waals surface area contributed by atoms with Gasteiger partial charge in [-0.25, -0.2) is 0 Å². The number of nitrogens with zero attached hydrogens (tertiary/aromatic N) is 2. The number of hydrogen-bond donors (Lipinski definition) is 1. The molecule has 0 radical (unpaired) electrons. The predicted molar refractivity (Wildman–Crippen MR) is 79.5 cm³/mol. The maximum absolute atomic E-state index is 5.92. The third kappa shape index (κ3) is 3.57. The van der Waals surface area contributed by atoms with Crippen LogP contribution in [0, 0.1) is 0 Å². The van der Waals surface area contributed by atoms with Crippen LogP contribution in [-0.2, 0) is 11.3 Å². The van der Waals surface area contributed by atoms with Crippen LogP contribution in [0.2, 0.25) is 0 Å². The van der Waals surface area contributed by atoms with Gasteiger partial charge >= 0.3 is 0 Å². The zero-order valence-corrected chi connectivity index (χ0v) is 12.1. The van der Waals surface area contributed by atoms with Gasteiger partial charge in [0.2, 0.25) is 0 Å². The van der Waals surface area contributed by atoms with Crippen molar-refractivity contribution < 1.29 is 4.74 Å². The molecule has 4 heteroatoms. The van der Waals surface area contributed by atoms with E-state index in [1.807, 2.05) is 18.3 Å². The number of rotatable bonds is 5. The molecular formula is C16H25N3O. The lowest BCUT2D eigenvalue weighted by Gasteiger charge is -2.43. The van der Waals surface area contributed by atoms with E-state index in [1.54, 1.807) is 0 Å². The van der Waals surface area contributed by atoms with Crippen molar-refractivity contribution in [2.75, 3.05) is 26.2 Å². The van der Waals surface area contributed by atoms with E-state index in [-0.39, 0.29) is 0 Å². The number of morpholine rings is 1. The van der Waals surface area contributed by atoms with Gasteiger partial charge in [0.05, 0.1) is 18.4 Å². The van der Waals surface area contributed by atoms with Gasteiger partial charge in [0, 0.05) is 38.4 Å². The highest BCUT2D eigenvalue weighted by atomic mass is 16.5. The largest absolute Gasteiger partial charge is 0.375 e. The summed E-state index contributed by atoms with van der Waals surface area (Å²) in [5.74, 6) is 0. The normalized spacial score (nSPS) is 27.2. The third-order valence-electron chi connectivity index (χ3n) is 4.46. The molecule has 3 rings (SSSR count). The maximum atomic E-state index is 5.92. The lowest BCUT2D eigenvalue weighted by atomic mass is 9.90. The van der Waals surface area contributed by atoms with Gasteiger partial charge in [0.25, 0.3) is 0 Å². The quantitative estimate of drug-likeness (QED) is 0.832. The third-order valence-corrected chi connectivity index (χ3v) is 4.46. The monoisotopic (exact) mass is 275 g/mol. The summed E-state index contributed by atoms with van der Waals surface area (Å²) in [6, 6.07) is 6.73. The van der Waals surface area contributed by atoms with Crippen LogP contribution in [-0.4, -0.2) is 48.3 Å². The van der Waals surface area contributed by atoms with Crippen LogP contribution in [0.4, 0.5) is 0 Å². The highest BCUT2D eigenvalue weighted by molar-refractivity contribution is 5.02. The van der Waals surface area contributed by atoms with Crippen LogP contribution in [0.25, 0.3) is 0 Å². The molecule has 0 amide bonds. The van der Waals surface area contributed by atoms with E-state index in [0.29, 0.717) is 12.1 Å². The Hall–Kier alpha value is -0.970. The minimum atomic E-state index is 0.494. The minimum absolute atomic E-state index is 0.494. The standard InChI is InChI=1S/C16H25N3O/c1-2-7-16-15(6-1)19(11-12-20-16)10-9-17-13-14-5-3-4-8-18-14/h3-5,8,15-17H,1-2,6-7,9-13H2. The van der Waals surface area contributed by atoms with E-state index in [0.717, 1.165) is 38.5 Å². The van der Waals surface area contributed by atoms with E-state index >= 15 is 0 Å². The molecule has 2 unspecified atom stereocenters. The first kappa shape index (κ1) is 14.0. The number of fused-ring (bicyclic) bond motifs is 1. The summed E-state index contributed by atoms with van der Waals surface area (Å²) >= 11 is 0. The second kappa shape index (κ2) is 7.16. The summed E-state index contributed by atoms with van der Waals surface area (Å²) in [7, 11) is 0. The van der Waals surface area contributed by atoms with Crippen molar-refractivity contribution in [2.24, 2.45) is 0 Å². The lowest BCUT2D eigenvalue weighted by Crippen LogP contribution is -2.54. The van der Waals surface area contributed by atoms with Crippen LogP contribution >= 0.6 is 0 Å². The number of pyridine rings is 1. The Morgan fingerprint density at radius 1 is 1.30 bits per heavy atom. The van der Waals surface area contributed by atoms with Crippen molar-refractivity contribution in [1.29, 1.82) is 0 Å². The molecule has 0 spiro atoms. The Balaban J connectivity index is 1.41. The molecule has 2 atom stereocenters. The van der Waals surface area contributed by atoms with Gasteiger partial charge in [-0.15, -0.1) is 0 Å². The lowest BCUT2D eigenvalue weighted by molar-refractivity contribution is -0.0874. The maximum Gasteiger partial charge on any atom is 0.0730 e. The number of hydrogen-bond acceptors (Lipinski definition) is 4. The van der Waals surface area contributed by atoms with Gasteiger partial charge in [0.15, 0.2) is 0 Å². The highest BCUT2D eigenvalue weighted by Gasteiger charge is 2.33. The van der Waals surface area contributed by atoms with E-state index < -0.39 is 0 Å². The van der Waals surface area contributed by atoms with Crippen LogP contribution < -0.4 is 5.32 Å². The topological polar surface area (TPSA) is 37.4 Å². The molecule has 110 valence electrons. The van der Waals surface area contributed by atoms with Crippen molar-refractivity contribution in [2.45, 2.75) is 44.4 Å². The first-order valence-electron chi connectivity index (χ1n) is 7.90. The predicted octanol–water partition coefficient (Wildman–Crippen LogP) is 1.81. The van der Waals surface area contributed by atoms with Crippen molar-refractivity contribution in [3.05, 3.63) is 30.1 Å². The van der Waals surface area contributed by atoms with Crippen molar-refractivity contribution in [1.82, 2.24) is 15.2 Å². The second-order valence-corrected chi connectivity index (χ2v) is 5.79. The molecule has 4 nitrogen and oxygen atoms in total. The van der Waals surface area contributed by atoms with Crippen LogP contribution in [0.1, 0.15) is 31.4 Å². The number of ether oxygens (including phenoxy) is 1. The van der Waals surface area contributed by atoms with E-state index in [2.05, 4.69) is 21.3 Å². The van der Waals surface area contributed by atoms with Gasteiger partial charge < -0.3 is 10.1 Å². The molecule has 1 saturated carbocycles. The fourth-order valence-electron chi connectivity index (χ4n) is 3.40. The molecule has 1 saturated heterocycles. The van der Waals surface area contributed by atoms with Gasteiger partial charge in [0.1, 0.15) is 0 Å². The smallest absolute Gasteiger partial charge is 0.0730 e. The molecular weight excluding hydrogens is 250 g/mol. The molecule has 1 N–H and O–H groups in total. The average Bonchev–Trinajstić information content (AvgIpc) is 2.53. The molecule has 1 aromatic heterocycles. The first-order valence-corrected chi connectivity index (χ1v) is 7.90. The first-order chi connectivity index (χ1) is 9.93. The Labute approximate surface area is 121 Å². The molecule has 1 aliphatic heterocycles. The molecule has 2 fully saturated rings. The Morgan fingerprint density at radius 3 is 3.15 bits per heavy atom. The molecule has 1 aliphatic carbocycles. The summed E-state index contributed by atoms with van der Waals surface area (Å²) in [6.07, 6.45) is 7.61. The summed E-state index contributed by atoms with van der Waals surface area (Å²) in [5, 5.41) is 3.50. The summed E-state index contributed by atoms with van der Waals surface area (Å²) < 4.78 is 5.92. The van der Waals surface area contributed by atoms with Gasteiger partial charge in [-0.05, 0) is 25.0 Å². The number of nitrogens with one attached hydrogen (secondary N) is 1. The zero-order chi connectivity index (χ0) is 13.6. The SMILES string of the molecule is c1ccc(CNCCN2CCOC3CCCCC32)nc1. The summed E-state index contributed by atoms with van der Waals surface area (Å²) in [4.78, 5) is 6.96. The van der Waals surface area contributed by atoms with Crippen LogP contribution in [0.15, 0.2) is 24.4 Å². The van der Waals surface area contributed by atoms with Crippen molar-refractivity contribution >= 4 is 0 Å². The average molecular weight is 275 g/mol. The van der Waals surface area contributed by atoms with E-state index in [4.69, 9.17) is 4.74 Å². The van der Waals surface area contributed by atoms with Gasteiger partial charge in [-0.3, -0.25) is 9.88 Å². The summed E-state index contributed by atoms with van der Waals surface area (Å²) in [6.45, 7) is 5.00. The fraction of sp³-hybridized carbons (Fsp3) is 0.688. The van der Waals surface area contributed by atoms with Crippen molar-refractivity contribution in [3.63, 3.8) is 0 Å². The van der Waals surface area contributed by atoms with Crippen LogP contribution in [0.5, 0.6) is 0 Å². The van der Waals surface area contributed by atoms with Gasteiger partial charge in [-0.1, -0.05) is 18.9 Å². The summed E-state index contributed by atoms with van der Waals surface area (Å²) in [5.41, 5.74) is 1.12. The second-order valence-electron chi connectivity index (χ2n) is 5.79. The highest BCUT2D eigenvalue weighted by Crippen LogP contribution is 2.27. The Kier molecular flexibility index (Phi) is 5.01. The molecule has 20 heavy (non-hydrogen) atoms. The Bertz CT molecular complexity index is 396. The molecule has 1 aromatic rings. The molecule has 2 aliphatic rings. The molecule has 2 heterocycles. The molecule has 0 bridgehead atoms.